The highest BCUT2D eigenvalue weighted by Gasteiger charge is 2.22. The number of nitrogens with two attached hydrogens (primary N) is 2. The van der Waals surface area contributed by atoms with Gasteiger partial charge in [0.05, 0.1) is 12.6 Å². The Morgan fingerprint density at radius 2 is 2.11 bits per heavy atom. The first kappa shape index (κ1) is 21.7. The fourth-order valence-electron chi connectivity index (χ4n) is 2.76. The Bertz CT molecular complexity index is 911. The highest BCUT2D eigenvalue weighted by molar-refractivity contribution is 6.41. The number of quaternary nitrogens is 1. The van der Waals surface area contributed by atoms with Gasteiger partial charge in [0.1, 0.15) is 10.8 Å². The molecule has 2 rings (SSSR count). The topological polar surface area (TPSA) is 109 Å². The van der Waals surface area contributed by atoms with Crippen molar-refractivity contribution in [2.24, 2.45) is 5.73 Å². The molecule has 2 aromatic rings. The lowest BCUT2D eigenvalue weighted by Crippen LogP contribution is -2.76. The average Bonchev–Trinajstić information content (AvgIpc) is 3.06. The zero-order valence-corrected chi connectivity index (χ0v) is 16.2. The molecular formula is C19H22ClF2N4O2+. The Labute approximate surface area is 166 Å². The molecule has 1 aromatic carbocycles. The number of furan rings is 1. The Morgan fingerprint density at radius 1 is 1.39 bits per heavy atom. The Hall–Kier alpha value is -2.55. The molecule has 1 atom stereocenters. The minimum absolute atomic E-state index is 0.0602. The van der Waals surface area contributed by atoms with Crippen molar-refractivity contribution in [1.29, 1.82) is 5.41 Å². The van der Waals surface area contributed by atoms with Gasteiger partial charge in [0.25, 0.3) is 5.91 Å². The van der Waals surface area contributed by atoms with Crippen molar-refractivity contribution >= 4 is 29.4 Å². The number of allylic oxidation sites excluding steroid dienone is 1. The number of amides is 1. The van der Waals surface area contributed by atoms with Crippen LogP contribution in [0.1, 0.15) is 27.4 Å². The van der Waals surface area contributed by atoms with E-state index < -0.39 is 23.6 Å². The van der Waals surface area contributed by atoms with E-state index in [9.17, 15) is 13.6 Å². The number of halogens is 3. The Morgan fingerprint density at radius 3 is 2.68 bits per heavy atom. The van der Waals surface area contributed by atoms with Crippen molar-refractivity contribution in [3.05, 3.63) is 63.6 Å². The third-order valence-corrected chi connectivity index (χ3v) is 4.50. The SMILES string of the molecule is C[NH2+]C(=C(Cl)C=N)c1cc(C(=O)NC(CN)Cc2ccc(F)c(F)c2)oc1C. The first-order chi connectivity index (χ1) is 13.3. The maximum atomic E-state index is 13.4. The van der Waals surface area contributed by atoms with Crippen molar-refractivity contribution < 1.29 is 23.3 Å². The number of rotatable bonds is 8. The van der Waals surface area contributed by atoms with Crippen molar-refractivity contribution in [2.45, 2.75) is 19.4 Å². The second kappa shape index (κ2) is 9.59. The van der Waals surface area contributed by atoms with Gasteiger partial charge < -0.3 is 26.2 Å². The highest BCUT2D eigenvalue weighted by Crippen LogP contribution is 2.22. The molecule has 1 heterocycles. The van der Waals surface area contributed by atoms with E-state index in [4.69, 9.17) is 27.2 Å². The molecule has 1 aromatic heterocycles. The molecule has 0 saturated carbocycles. The molecule has 1 amide bonds. The van der Waals surface area contributed by atoms with Crippen LogP contribution in [0.4, 0.5) is 8.78 Å². The summed E-state index contributed by atoms with van der Waals surface area (Å²) in [6.07, 6.45) is 1.24. The van der Waals surface area contributed by atoms with Crippen LogP contribution in [0, 0.1) is 24.0 Å². The third-order valence-electron chi connectivity index (χ3n) is 4.19. The summed E-state index contributed by atoms with van der Waals surface area (Å²) < 4.78 is 32.0. The maximum absolute atomic E-state index is 13.4. The lowest BCUT2D eigenvalue weighted by atomic mass is 10.1. The van der Waals surface area contributed by atoms with Gasteiger partial charge in [-0.1, -0.05) is 17.7 Å². The van der Waals surface area contributed by atoms with Crippen LogP contribution in [0.2, 0.25) is 0 Å². The zero-order valence-electron chi connectivity index (χ0n) is 15.5. The summed E-state index contributed by atoms with van der Waals surface area (Å²) in [6.45, 7) is 1.79. The van der Waals surface area contributed by atoms with E-state index in [1.807, 2.05) is 0 Å². The van der Waals surface area contributed by atoms with E-state index in [-0.39, 0.29) is 23.8 Å². The number of hydrogen-bond donors (Lipinski definition) is 4. The molecule has 0 aliphatic heterocycles. The lowest BCUT2D eigenvalue weighted by molar-refractivity contribution is -0.530. The van der Waals surface area contributed by atoms with Gasteiger partial charge in [-0.2, -0.15) is 0 Å². The van der Waals surface area contributed by atoms with Gasteiger partial charge in [0.2, 0.25) is 0 Å². The number of benzene rings is 1. The van der Waals surface area contributed by atoms with Crippen molar-refractivity contribution in [3.8, 4) is 0 Å². The number of nitrogens with one attached hydrogen (secondary N) is 2. The number of carbonyl (C=O) groups is 1. The van der Waals surface area contributed by atoms with Crippen molar-refractivity contribution in [2.75, 3.05) is 13.6 Å². The summed E-state index contributed by atoms with van der Waals surface area (Å²) in [5, 5.41) is 12.0. The Kier molecular flexibility index (Phi) is 7.45. The van der Waals surface area contributed by atoms with Crippen LogP contribution in [0.5, 0.6) is 0 Å². The highest BCUT2D eigenvalue weighted by atomic mass is 35.5. The number of aryl methyl sites for hydroxylation is 1. The summed E-state index contributed by atoms with van der Waals surface area (Å²) in [7, 11) is 1.76. The van der Waals surface area contributed by atoms with E-state index >= 15 is 0 Å². The first-order valence-corrected chi connectivity index (χ1v) is 8.93. The molecule has 1 unspecified atom stereocenters. The van der Waals surface area contributed by atoms with E-state index in [1.165, 1.54) is 12.1 Å². The molecule has 6 nitrogen and oxygen atoms in total. The first-order valence-electron chi connectivity index (χ1n) is 8.56. The largest absolute Gasteiger partial charge is 0.455 e. The molecule has 0 radical (unpaired) electrons. The van der Waals surface area contributed by atoms with E-state index in [2.05, 4.69) is 5.32 Å². The Balaban J connectivity index is 2.18. The van der Waals surface area contributed by atoms with Gasteiger partial charge in [-0.05, 0) is 31.0 Å². The smallest absolute Gasteiger partial charge is 0.287 e. The number of carbonyl (C=O) groups excluding carboxylic acids is 1. The summed E-state index contributed by atoms with van der Waals surface area (Å²) in [5.74, 6) is -1.85. The van der Waals surface area contributed by atoms with Gasteiger partial charge in [-0.25, -0.2) is 8.78 Å². The van der Waals surface area contributed by atoms with Gasteiger partial charge in [-0.15, -0.1) is 0 Å². The number of hydrogen-bond acceptors (Lipinski definition) is 4. The van der Waals surface area contributed by atoms with Crippen LogP contribution < -0.4 is 16.4 Å². The second-order valence-electron chi connectivity index (χ2n) is 6.13. The third kappa shape index (κ3) is 5.03. The van der Waals surface area contributed by atoms with Crippen LogP contribution >= 0.6 is 11.6 Å². The molecule has 28 heavy (non-hydrogen) atoms. The molecule has 0 aliphatic carbocycles. The van der Waals surface area contributed by atoms with E-state index in [0.29, 0.717) is 22.6 Å². The molecule has 0 bridgehead atoms. The average molecular weight is 412 g/mol. The maximum Gasteiger partial charge on any atom is 0.287 e. The monoisotopic (exact) mass is 411 g/mol. The second-order valence-corrected chi connectivity index (χ2v) is 6.54. The minimum atomic E-state index is -0.955. The van der Waals surface area contributed by atoms with Crippen LogP contribution in [-0.2, 0) is 6.42 Å². The van der Waals surface area contributed by atoms with Crippen LogP contribution in [-0.4, -0.2) is 31.8 Å². The van der Waals surface area contributed by atoms with Gasteiger partial charge >= 0.3 is 0 Å². The van der Waals surface area contributed by atoms with Crippen LogP contribution in [0.15, 0.2) is 33.7 Å². The molecule has 0 saturated heterocycles. The standard InChI is InChI=1S/C19H21ClF2N4O2/c1-10-13(18(25-2)14(20)9-24)7-17(28-10)19(27)26-12(8-23)5-11-3-4-15(21)16(22)6-11/h3-4,6-7,9,12,24-25H,5,8,23H2,1-2H3,(H,26,27)/p+1. The van der Waals surface area contributed by atoms with E-state index in [1.54, 1.807) is 19.3 Å². The van der Waals surface area contributed by atoms with Crippen molar-refractivity contribution in [3.63, 3.8) is 0 Å². The summed E-state index contributed by atoms with van der Waals surface area (Å²) >= 11 is 6.04. The summed E-state index contributed by atoms with van der Waals surface area (Å²) in [5.41, 5.74) is 7.40. The summed E-state index contributed by atoms with van der Waals surface area (Å²) in [4.78, 5) is 12.5. The molecule has 9 heteroatoms. The zero-order chi connectivity index (χ0) is 20.8. The molecule has 0 spiro atoms. The van der Waals surface area contributed by atoms with Gasteiger partial charge in [0, 0.05) is 24.9 Å². The molecule has 150 valence electrons. The van der Waals surface area contributed by atoms with Gasteiger partial charge in [0.15, 0.2) is 23.1 Å². The lowest BCUT2D eigenvalue weighted by Gasteiger charge is -2.16. The van der Waals surface area contributed by atoms with Gasteiger partial charge in [-0.3, -0.25) is 4.79 Å². The molecule has 0 fully saturated rings. The van der Waals surface area contributed by atoms with E-state index in [0.717, 1.165) is 18.3 Å². The fourth-order valence-corrected chi connectivity index (χ4v) is 2.97. The fraction of sp³-hybridized carbons (Fsp3) is 0.263. The predicted molar refractivity (Wildman–Crippen MR) is 103 cm³/mol. The molecule has 0 aliphatic rings. The molecular weight excluding hydrogens is 390 g/mol. The van der Waals surface area contributed by atoms with Crippen LogP contribution in [0.25, 0.3) is 5.70 Å². The normalized spacial score (nSPS) is 13.1. The molecule has 6 N–H and O–H groups in total. The predicted octanol–water partition coefficient (Wildman–Crippen LogP) is 1.92. The quantitative estimate of drug-likeness (QED) is 0.498. The van der Waals surface area contributed by atoms with Crippen molar-refractivity contribution in [1.82, 2.24) is 5.32 Å². The minimum Gasteiger partial charge on any atom is -0.455 e. The summed E-state index contributed by atoms with van der Waals surface area (Å²) in [6, 6.07) is 4.59. The van der Waals surface area contributed by atoms with Crippen LogP contribution in [0.3, 0.4) is 0 Å².